The lowest BCUT2D eigenvalue weighted by Crippen LogP contribution is -2.53. The molecule has 4 heteroatoms. The summed E-state index contributed by atoms with van der Waals surface area (Å²) in [6.07, 6.45) is 2.18. The molecule has 4 nitrogen and oxygen atoms in total. The minimum atomic E-state index is 0.0663. The van der Waals surface area contributed by atoms with Crippen LogP contribution in [-0.2, 0) is 0 Å². The van der Waals surface area contributed by atoms with Crippen molar-refractivity contribution in [2.75, 3.05) is 20.8 Å². The molecule has 0 aliphatic carbocycles. The van der Waals surface area contributed by atoms with Crippen LogP contribution in [0.25, 0.3) is 0 Å². The number of hydrogen-bond donors (Lipinski definition) is 1. The number of rotatable bonds is 3. The van der Waals surface area contributed by atoms with Crippen LogP contribution in [0.1, 0.15) is 45.2 Å². The molecular weight excluding hydrogens is 264 g/mol. The Morgan fingerprint density at radius 1 is 1.19 bits per heavy atom. The molecular formula is C17H28N2O2. The highest BCUT2D eigenvalue weighted by Crippen LogP contribution is 2.40. The van der Waals surface area contributed by atoms with Gasteiger partial charge in [-0.3, -0.25) is 4.90 Å². The number of ether oxygens (including phenoxy) is 2. The molecule has 0 bridgehead atoms. The Morgan fingerprint density at radius 2 is 1.90 bits per heavy atom. The van der Waals surface area contributed by atoms with E-state index in [0.29, 0.717) is 0 Å². The van der Waals surface area contributed by atoms with Crippen molar-refractivity contribution in [2.45, 2.75) is 51.2 Å². The van der Waals surface area contributed by atoms with E-state index >= 15 is 0 Å². The Hall–Kier alpha value is -1.26. The largest absolute Gasteiger partial charge is 0.497 e. The minimum Gasteiger partial charge on any atom is -0.497 e. The smallest absolute Gasteiger partial charge is 0.123 e. The van der Waals surface area contributed by atoms with Crippen molar-refractivity contribution in [3.8, 4) is 11.5 Å². The lowest BCUT2D eigenvalue weighted by molar-refractivity contribution is 0.0371. The molecule has 1 saturated heterocycles. The summed E-state index contributed by atoms with van der Waals surface area (Å²) in [6, 6.07) is 6.23. The number of hydrogen-bond acceptors (Lipinski definition) is 4. The van der Waals surface area contributed by atoms with E-state index in [4.69, 9.17) is 15.2 Å². The van der Waals surface area contributed by atoms with Gasteiger partial charge in [-0.2, -0.15) is 0 Å². The second-order valence-corrected chi connectivity index (χ2v) is 6.72. The maximum Gasteiger partial charge on any atom is 0.123 e. The van der Waals surface area contributed by atoms with Crippen LogP contribution in [0.3, 0.4) is 0 Å². The molecule has 1 aliphatic heterocycles. The number of likely N-dealkylation sites (tertiary alicyclic amines) is 1. The molecule has 0 radical (unpaired) electrons. The van der Waals surface area contributed by atoms with Gasteiger partial charge in [-0.15, -0.1) is 0 Å². The zero-order valence-electron chi connectivity index (χ0n) is 13.8. The fourth-order valence-electron chi connectivity index (χ4n) is 3.25. The molecule has 1 aromatic rings. The highest BCUT2D eigenvalue weighted by Gasteiger charge is 2.38. The summed E-state index contributed by atoms with van der Waals surface area (Å²) in [7, 11) is 3.40. The standard InChI is InChI=1S/C17H28N2O2/c1-17(2,3)19-10-6-7-14(18)16(19)13-11-12(20-4)8-9-15(13)21-5/h8-9,11,14,16H,6-7,10,18H2,1-5H3. The summed E-state index contributed by atoms with van der Waals surface area (Å²) in [6.45, 7) is 7.78. The first-order valence-corrected chi connectivity index (χ1v) is 7.62. The minimum absolute atomic E-state index is 0.0663. The third-order valence-corrected chi connectivity index (χ3v) is 4.29. The maximum atomic E-state index is 6.48. The normalized spacial score (nSPS) is 23.9. The summed E-state index contributed by atoms with van der Waals surface area (Å²) in [4.78, 5) is 2.48. The predicted molar refractivity (Wildman–Crippen MR) is 86.0 cm³/mol. The summed E-state index contributed by atoms with van der Waals surface area (Å²) >= 11 is 0. The van der Waals surface area contributed by atoms with Crippen molar-refractivity contribution < 1.29 is 9.47 Å². The average molecular weight is 292 g/mol. The molecule has 0 aromatic heterocycles. The SMILES string of the molecule is COc1ccc(OC)c(C2C(N)CCCN2C(C)(C)C)c1. The van der Waals surface area contributed by atoms with E-state index in [-0.39, 0.29) is 17.6 Å². The quantitative estimate of drug-likeness (QED) is 0.930. The summed E-state index contributed by atoms with van der Waals surface area (Å²) in [5.74, 6) is 1.73. The van der Waals surface area contributed by atoms with E-state index in [1.54, 1.807) is 14.2 Å². The van der Waals surface area contributed by atoms with Crippen molar-refractivity contribution in [3.05, 3.63) is 23.8 Å². The van der Waals surface area contributed by atoms with Gasteiger partial charge in [-0.25, -0.2) is 0 Å². The van der Waals surface area contributed by atoms with Crippen molar-refractivity contribution >= 4 is 0 Å². The first-order valence-electron chi connectivity index (χ1n) is 7.62. The van der Waals surface area contributed by atoms with E-state index in [9.17, 15) is 0 Å². The summed E-state index contributed by atoms with van der Waals surface area (Å²) in [5, 5.41) is 0. The van der Waals surface area contributed by atoms with Crippen LogP contribution in [0.5, 0.6) is 11.5 Å². The fraction of sp³-hybridized carbons (Fsp3) is 0.647. The monoisotopic (exact) mass is 292 g/mol. The molecule has 2 atom stereocenters. The molecule has 2 N–H and O–H groups in total. The number of methoxy groups -OCH3 is 2. The van der Waals surface area contributed by atoms with Gasteiger partial charge in [0.05, 0.1) is 20.3 Å². The van der Waals surface area contributed by atoms with E-state index in [1.807, 2.05) is 12.1 Å². The van der Waals surface area contributed by atoms with Crippen LogP contribution in [0.4, 0.5) is 0 Å². The molecule has 1 aliphatic rings. The number of nitrogens with zero attached hydrogens (tertiary/aromatic N) is 1. The van der Waals surface area contributed by atoms with Crippen LogP contribution < -0.4 is 15.2 Å². The van der Waals surface area contributed by atoms with Gasteiger partial charge >= 0.3 is 0 Å². The van der Waals surface area contributed by atoms with E-state index in [2.05, 4.69) is 31.7 Å². The van der Waals surface area contributed by atoms with E-state index < -0.39 is 0 Å². The Bertz CT molecular complexity index is 482. The Kier molecular flexibility index (Phi) is 4.79. The number of nitrogens with two attached hydrogens (primary N) is 1. The molecule has 1 aromatic carbocycles. The van der Waals surface area contributed by atoms with Crippen LogP contribution in [-0.4, -0.2) is 37.2 Å². The summed E-state index contributed by atoms with van der Waals surface area (Å²) in [5.41, 5.74) is 7.67. The van der Waals surface area contributed by atoms with E-state index in [1.165, 1.54) is 0 Å². The predicted octanol–water partition coefficient (Wildman–Crippen LogP) is 2.97. The number of piperidine rings is 1. The third-order valence-electron chi connectivity index (χ3n) is 4.29. The first-order chi connectivity index (χ1) is 9.88. The molecule has 21 heavy (non-hydrogen) atoms. The Labute approximate surface area is 128 Å². The first kappa shape index (κ1) is 16.1. The Morgan fingerprint density at radius 3 is 2.48 bits per heavy atom. The van der Waals surface area contributed by atoms with Gasteiger partial charge in [0.1, 0.15) is 11.5 Å². The van der Waals surface area contributed by atoms with Gasteiger partial charge in [0.2, 0.25) is 0 Å². The second-order valence-electron chi connectivity index (χ2n) is 6.72. The highest BCUT2D eigenvalue weighted by molar-refractivity contribution is 5.43. The summed E-state index contributed by atoms with van der Waals surface area (Å²) < 4.78 is 11.0. The van der Waals surface area contributed by atoms with Gasteiger partial charge in [0.25, 0.3) is 0 Å². The van der Waals surface area contributed by atoms with E-state index in [0.717, 1.165) is 36.4 Å². The van der Waals surface area contributed by atoms with Gasteiger partial charge in [-0.05, 0) is 58.4 Å². The second kappa shape index (κ2) is 6.24. The molecule has 0 saturated carbocycles. The van der Waals surface area contributed by atoms with Gasteiger partial charge in [0, 0.05) is 17.1 Å². The lowest BCUT2D eigenvalue weighted by Gasteiger charge is -2.47. The zero-order valence-corrected chi connectivity index (χ0v) is 13.8. The number of benzene rings is 1. The van der Waals surface area contributed by atoms with Crippen LogP contribution in [0, 0.1) is 0 Å². The van der Waals surface area contributed by atoms with Crippen LogP contribution >= 0.6 is 0 Å². The van der Waals surface area contributed by atoms with Crippen molar-refractivity contribution in [1.29, 1.82) is 0 Å². The molecule has 1 fully saturated rings. The average Bonchev–Trinajstić information content (AvgIpc) is 2.45. The molecule has 118 valence electrons. The van der Waals surface area contributed by atoms with Gasteiger partial charge < -0.3 is 15.2 Å². The van der Waals surface area contributed by atoms with Crippen molar-refractivity contribution in [2.24, 2.45) is 5.73 Å². The Balaban J connectivity index is 2.48. The molecule has 0 spiro atoms. The van der Waals surface area contributed by atoms with Gasteiger partial charge in [0.15, 0.2) is 0 Å². The lowest BCUT2D eigenvalue weighted by atomic mass is 9.86. The van der Waals surface area contributed by atoms with Crippen molar-refractivity contribution in [3.63, 3.8) is 0 Å². The fourth-order valence-corrected chi connectivity index (χ4v) is 3.25. The van der Waals surface area contributed by atoms with Crippen LogP contribution in [0.2, 0.25) is 0 Å². The molecule has 2 rings (SSSR count). The maximum absolute atomic E-state index is 6.48. The topological polar surface area (TPSA) is 47.7 Å². The highest BCUT2D eigenvalue weighted by atomic mass is 16.5. The van der Waals surface area contributed by atoms with Gasteiger partial charge in [-0.1, -0.05) is 0 Å². The molecule has 2 unspecified atom stereocenters. The molecule has 1 heterocycles. The zero-order chi connectivity index (χ0) is 15.6. The van der Waals surface area contributed by atoms with Crippen molar-refractivity contribution in [1.82, 2.24) is 4.90 Å². The van der Waals surface area contributed by atoms with Crippen LogP contribution in [0.15, 0.2) is 18.2 Å². The third kappa shape index (κ3) is 3.33. The molecule has 0 amide bonds.